The smallest absolute Gasteiger partial charge is 0.224 e. The molecule has 1 saturated carbocycles. The largest absolute Gasteiger partial charge is 0.353 e. The Morgan fingerprint density at radius 3 is 3.05 bits per heavy atom. The maximum absolute atomic E-state index is 12.3. The van der Waals surface area contributed by atoms with Crippen LogP contribution in [-0.4, -0.2) is 17.3 Å². The monoisotopic (exact) mass is 321 g/mol. The van der Waals surface area contributed by atoms with Gasteiger partial charge >= 0.3 is 0 Å². The van der Waals surface area contributed by atoms with E-state index < -0.39 is 0 Å². The number of carbonyl (C=O) groups is 1. The third-order valence-electron chi connectivity index (χ3n) is 4.56. The number of nitrogens with one attached hydrogen (secondary N) is 1. The van der Waals surface area contributed by atoms with E-state index >= 15 is 0 Å². The number of fused-ring (bicyclic) bond motifs is 3. The lowest BCUT2D eigenvalue weighted by Crippen LogP contribution is -2.34. The molecule has 0 bridgehead atoms. The number of hydrogen-bond donors (Lipinski definition) is 1. The summed E-state index contributed by atoms with van der Waals surface area (Å²) in [6, 6.07) is 8.90. The number of rotatable bonds is 4. The zero-order chi connectivity index (χ0) is 13.4. The normalized spacial score (nSPS) is 29.1. The van der Waals surface area contributed by atoms with Crippen molar-refractivity contribution in [1.82, 2.24) is 5.32 Å². The predicted octanol–water partition coefficient (Wildman–Crippen LogP) is 3.25. The number of hydrogen-bond acceptors (Lipinski definition) is 1. The third-order valence-corrected chi connectivity index (χ3v) is 5.02. The molecule has 4 atom stereocenters. The Kier molecular flexibility index (Phi) is 3.66. The van der Waals surface area contributed by atoms with Gasteiger partial charge in [0.25, 0.3) is 0 Å². The van der Waals surface area contributed by atoms with Crippen molar-refractivity contribution in [2.75, 3.05) is 5.33 Å². The predicted molar refractivity (Wildman–Crippen MR) is 80.5 cm³/mol. The van der Waals surface area contributed by atoms with Crippen molar-refractivity contribution in [3.63, 3.8) is 0 Å². The first-order chi connectivity index (χ1) is 9.22. The van der Waals surface area contributed by atoms with Gasteiger partial charge < -0.3 is 5.32 Å². The van der Waals surface area contributed by atoms with Crippen molar-refractivity contribution in [2.45, 2.75) is 38.1 Å². The lowest BCUT2D eigenvalue weighted by molar-refractivity contribution is -0.123. The highest BCUT2D eigenvalue weighted by molar-refractivity contribution is 9.09. The number of carbonyl (C=O) groups excluding carboxylic acids is 1. The molecule has 0 spiro atoms. The first-order valence-corrected chi connectivity index (χ1v) is 8.28. The second-order valence-electron chi connectivity index (χ2n) is 5.84. The Morgan fingerprint density at radius 1 is 1.47 bits per heavy atom. The van der Waals surface area contributed by atoms with Gasteiger partial charge in [-0.25, -0.2) is 0 Å². The molecular formula is C16H20BrNO. The lowest BCUT2D eigenvalue weighted by Gasteiger charge is -2.13. The van der Waals surface area contributed by atoms with Crippen molar-refractivity contribution < 1.29 is 4.79 Å². The molecule has 0 radical (unpaired) electrons. The van der Waals surface area contributed by atoms with Gasteiger partial charge in [-0.3, -0.25) is 4.79 Å². The SMILES string of the molecule is CC(CCBr)NC(=O)C1C2CCc3ccccc3C21. The Balaban J connectivity index is 1.69. The summed E-state index contributed by atoms with van der Waals surface area (Å²) in [5.74, 6) is 1.56. The molecule has 19 heavy (non-hydrogen) atoms. The van der Waals surface area contributed by atoms with Crippen LogP contribution >= 0.6 is 15.9 Å². The number of alkyl halides is 1. The van der Waals surface area contributed by atoms with Crippen LogP contribution in [-0.2, 0) is 11.2 Å². The van der Waals surface area contributed by atoms with E-state index in [1.807, 2.05) is 0 Å². The molecule has 1 aromatic carbocycles. The average Bonchev–Trinajstić information content (AvgIpc) is 3.13. The van der Waals surface area contributed by atoms with Crippen LogP contribution in [0.1, 0.15) is 36.8 Å². The van der Waals surface area contributed by atoms with Crippen LogP contribution in [0.5, 0.6) is 0 Å². The zero-order valence-electron chi connectivity index (χ0n) is 11.2. The summed E-state index contributed by atoms with van der Waals surface area (Å²) in [5.41, 5.74) is 2.87. The van der Waals surface area contributed by atoms with E-state index in [0.717, 1.165) is 18.2 Å². The van der Waals surface area contributed by atoms with Crippen LogP contribution in [0.15, 0.2) is 24.3 Å². The van der Waals surface area contributed by atoms with Crippen molar-refractivity contribution >= 4 is 21.8 Å². The van der Waals surface area contributed by atoms with Gasteiger partial charge in [0, 0.05) is 17.3 Å². The summed E-state index contributed by atoms with van der Waals surface area (Å²) < 4.78 is 0. The van der Waals surface area contributed by atoms with Crippen molar-refractivity contribution in [1.29, 1.82) is 0 Å². The van der Waals surface area contributed by atoms with E-state index in [1.54, 1.807) is 0 Å². The molecule has 2 aliphatic carbocycles. The van der Waals surface area contributed by atoms with Crippen LogP contribution in [0.4, 0.5) is 0 Å². The molecule has 2 nitrogen and oxygen atoms in total. The minimum atomic E-state index is 0.224. The summed E-state index contributed by atoms with van der Waals surface area (Å²) >= 11 is 3.42. The molecule has 0 aliphatic heterocycles. The molecule has 2 aliphatic rings. The molecular weight excluding hydrogens is 302 g/mol. The number of halogens is 1. The fourth-order valence-corrected chi connectivity index (χ4v) is 4.19. The molecule has 1 aromatic rings. The highest BCUT2D eigenvalue weighted by Gasteiger charge is 2.56. The first-order valence-electron chi connectivity index (χ1n) is 7.16. The van der Waals surface area contributed by atoms with E-state index in [1.165, 1.54) is 17.5 Å². The van der Waals surface area contributed by atoms with E-state index in [2.05, 4.69) is 52.4 Å². The topological polar surface area (TPSA) is 29.1 Å². The Hall–Kier alpha value is -0.830. The fourth-order valence-electron chi connectivity index (χ4n) is 3.50. The molecule has 3 heteroatoms. The summed E-state index contributed by atoms with van der Waals surface area (Å²) in [4.78, 5) is 12.3. The Labute approximate surface area is 123 Å². The number of aryl methyl sites for hydroxylation is 1. The standard InChI is InChI=1S/C16H20BrNO/c1-10(8-9-17)18-16(19)15-13-7-6-11-4-2-3-5-12(11)14(13)15/h2-5,10,13-15H,6-9H2,1H3,(H,18,19). The minimum Gasteiger partial charge on any atom is -0.353 e. The van der Waals surface area contributed by atoms with E-state index in [-0.39, 0.29) is 17.9 Å². The van der Waals surface area contributed by atoms with Crippen molar-refractivity contribution in [3.05, 3.63) is 35.4 Å². The second kappa shape index (κ2) is 5.28. The van der Waals surface area contributed by atoms with E-state index in [0.29, 0.717) is 11.8 Å². The highest BCUT2D eigenvalue weighted by Crippen LogP contribution is 2.59. The van der Waals surface area contributed by atoms with Gasteiger partial charge in [0.15, 0.2) is 0 Å². The Bertz CT molecular complexity index is 487. The average molecular weight is 322 g/mol. The van der Waals surface area contributed by atoms with Gasteiger partial charge in [-0.15, -0.1) is 0 Å². The zero-order valence-corrected chi connectivity index (χ0v) is 12.8. The van der Waals surface area contributed by atoms with Gasteiger partial charge in [0.1, 0.15) is 0 Å². The molecule has 4 unspecified atom stereocenters. The van der Waals surface area contributed by atoms with E-state index in [9.17, 15) is 4.79 Å². The summed E-state index contributed by atoms with van der Waals surface area (Å²) in [5, 5.41) is 4.10. The lowest BCUT2D eigenvalue weighted by atomic mass is 9.92. The molecule has 0 saturated heterocycles. The summed E-state index contributed by atoms with van der Waals surface area (Å²) in [6.45, 7) is 2.08. The van der Waals surface area contributed by atoms with Crippen LogP contribution in [0.25, 0.3) is 0 Å². The third kappa shape index (κ3) is 2.45. The quantitative estimate of drug-likeness (QED) is 0.847. The maximum atomic E-state index is 12.3. The van der Waals surface area contributed by atoms with Crippen molar-refractivity contribution in [2.24, 2.45) is 11.8 Å². The van der Waals surface area contributed by atoms with Crippen molar-refractivity contribution in [3.8, 4) is 0 Å². The molecule has 1 amide bonds. The second-order valence-corrected chi connectivity index (χ2v) is 6.63. The molecule has 102 valence electrons. The molecule has 0 aromatic heterocycles. The van der Waals surface area contributed by atoms with Gasteiger partial charge in [0.2, 0.25) is 5.91 Å². The molecule has 0 heterocycles. The number of amides is 1. The van der Waals surface area contributed by atoms with Crippen LogP contribution in [0, 0.1) is 11.8 Å². The van der Waals surface area contributed by atoms with Crippen LogP contribution in [0.2, 0.25) is 0 Å². The maximum Gasteiger partial charge on any atom is 0.224 e. The van der Waals surface area contributed by atoms with Crippen LogP contribution in [0.3, 0.4) is 0 Å². The van der Waals surface area contributed by atoms with Gasteiger partial charge in [0.05, 0.1) is 0 Å². The Morgan fingerprint density at radius 2 is 2.26 bits per heavy atom. The first kappa shape index (κ1) is 13.2. The number of benzene rings is 1. The fraction of sp³-hybridized carbons (Fsp3) is 0.562. The van der Waals surface area contributed by atoms with E-state index in [4.69, 9.17) is 0 Å². The molecule has 3 rings (SSSR count). The molecule has 1 fully saturated rings. The van der Waals surface area contributed by atoms with Gasteiger partial charge in [-0.2, -0.15) is 0 Å². The van der Waals surface area contributed by atoms with Gasteiger partial charge in [-0.1, -0.05) is 40.2 Å². The molecule has 1 N–H and O–H groups in total. The highest BCUT2D eigenvalue weighted by atomic mass is 79.9. The van der Waals surface area contributed by atoms with Gasteiger partial charge in [-0.05, 0) is 49.1 Å². The van der Waals surface area contributed by atoms with Crippen LogP contribution < -0.4 is 5.32 Å². The summed E-state index contributed by atoms with van der Waals surface area (Å²) in [6.07, 6.45) is 3.30. The minimum absolute atomic E-state index is 0.224. The summed E-state index contributed by atoms with van der Waals surface area (Å²) in [7, 11) is 0.